The summed E-state index contributed by atoms with van der Waals surface area (Å²) in [5.41, 5.74) is 5.88. The van der Waals surface area contributed by atoms with Gasteiger partial charge in [-0.3, -0.25) is 9.80 Å². The maximum Gasteiger partial charge on any atom is 0.401 e. The average Bonchev–Trinajstić information content (AvgIpc) is 2.37. The minimum atomic E-state index is -4.11. The Hall–Kier alpha value is -0.370. The maximum atomic E-state index is 12.4. The summed E-state index contributed by atoms with van der Waals surface area (Å²) in [7, 11) is 0. The normalized spacial score (nSPS) is 34.4. The van der Waals surface area contributed by atoms with Crippen molar-refractivity contribution in [3.05, 3.63) is 0 Å². The quantitative estimate of drug-likeness (QED) is 0.845. The van der Waals surface area contributed by atoms with Crippen LogP contribution in [0.2, 0.25) is 0 Å². The van der Waals surface area contributed by atoms with E-state index in [0.29, 0.717) is 39.3 Å². The number of piperazine rings is 1. The van der Waals surface area contributed by atoms with E-state index in [0.717, 1.165) is 12.8 Å². The van der Waals surface area contributed by atoms with Crippen LogP contribution < -0.4 is 5.73 Å². The van der Waals surface area contributed by atoms with Gasteiger partial charge in [0.15, 0.2) is 0 Å². The Labute approximate surface area is 118 Å². The molecule has 0 amide bonds. The predicted octanol–water partition coefficient (Wildman–Crippen LogP) is 1.06. The van der Waals surface area contributed by atoms with Crippen molar-refractivity contribution in [1.29, 1.82) is 0 Å². The minimum absolute atomic E-state index is 0.0952. The highest BCUT2D eigenvalue weighted by Crippen LogP contribution is 2.31. The molecule has 4 nitrogen and oxygen atoms in total. The molecule has 2 fully saturated rings. The Morgan fingerprint density at radius 2 is 1.90 bits per heavy atom. The molecule has 0 aliphatic carbocycles. The second-order valence-electron chi connectivity index (χ2n) is 5.94. The molecule has 20 heavy (non-hydrogen) atoms. The predicted molar refractivity (Wildman–Crippen MR) is 70.5 cm³/mol. The molecule has 0 aromatic rings. The zero-order valence-corrected chi connectivity index (χ0v) is 12.0. The van der Waals surface area contributed by atoms with Crippen molar-refractivity contribution in [2.24, 2.45) is 5.73 Å². The standard InChI is InChI=1S/C13H24F3N3O/c1-11-8-12(9-17,2-7-20-11)19-5-3-18(4-6-19)10-13(14,15)16/h11H,2-10,17H2,1H3. The molecule has 0 saturated carbocycles. The molecule has 2 saturated heterocycles. The molecule has 2 N–H and O–H groups in total. The van der Waals surface area contributed by atoms with E-state index in [9.17, 15) is 13.2 Å². The van der Waals surface area contributed by atoms with Crippen LogP contribution in [0.1, 0.15) is 19.8 Å². The van der Waals surface area contributed by atoms with Crippen molar-refractivity contribution in [2.75, 3.05) is 45.9 Å². The molecule has 0 aromatic carbocycles. The molecule has 7 heteroatoms. The van der Waals surface area contributed by atoms with Crippen LogP contribution in [0.15, 0.2) is 0 Å². The summed E-state index contributed by atoms with van der Waals surface area (Å²) >= 11 is 0. The zero-order valence-electron chi connectivity index (χ0n) is 12.0. The van der Waals surface area contributed by atoms with Gasteiger partial charge in [0.1, 0.15) is 0 Å². The van der Waals surface area contributed by atoms with E-state index in [1.54, 1.807) is 0 Å². The number of hydrogen-bond donors (Lipinski definition) is 1. The lowest BCUT2D eigenvalue weighted by Gasteiger charge is -2.50. The SMILES string of the molecule is CC1CC(CN)(N2CCN(CC(F)(F)F)CC2)CCO1. The lowest BCUT2D eigenvalue weighted by molar-refractivity contribution is -0.153. The average molecular weight is 295 g/mol. The summed E-state index contributed by atoms with van der Waals surface area (Å²) in [6.07, 6.45) is -2.21. The van der Waals surface area contributed by atoms with Gasteiger partial charge in [-0.2, -0.15) is 13.2 Å². The highest BCUT2D eigenvalue weighted by Gasteiger charge is 2.41. The molecule has 2 heterocycles. The summed E-state index contributed by atoms with van der Waals surface area (Å²) < 4.78 is 42.8. The third kappa shape index (κ3) is 3.84. The molecule has 0 bridgehead atoms. The van der Waals surface area contributed by atoms with E-state index in [1.165, 1.54) is 4.90 Å². The summed E-state index contributed by atoms with van der Waals surface area (Å²) in [5.74, 6) is 0. The van der Waals surface area contributed by atoms with Crippen LogP contribution in [0, 0.1) is 0 Å². The Morgan fingerprint density at radius 3 is 2.40 bits per heavy atom. The molecule has 2 aliphatic rings. The first kappa shape index (κ1) is 16.0. The van der Waals surface area contributed by atoms with E-state index in [2.05, 4.69) is 4.90 Å². The molecule has 0 aromatic heterocycles. The molecule has 0 radical (unpaired) electrons. The van der Waals surface area contributed by atoms with Crippen molar-refractivity contribution in [3.63, 3.8) is 0 Å². The highest BCUT2D eigenvalue weighted by atomic mass is 19.4. The van der Waals surface area contributed by atoms with Crippen molar-refractivity contribution < 1.29 is 17.9 Å². The smallest absolute Gasteiger partial charge is 0.378 e. The first-order valence-corrected chi connectivity index (χ1v) is 7.20. The first-order chi connectivity index (χ1) is 9.35. The third-order valence-corrected chi connectivity index (χ3v) is 4.46. The van der Waals surface area contributed by atoms with Crippen LogP contribution in [0.5, 0.6) is 0 Å². The van der Waals surface area contributed by atoms with Crippen LogP contribution in [-0.2, 0) is 4.74 Å². The van der Waals surface area contributed by atoms with Gasteiger partial charge in [0, 0.05) is 44.9 Å². The van der Waals surface area contributed by atoms with Crippen LogP contribution in [0.3, 0.4) is 0 Å². The number of hydrogen-bond acceptors (Lipinski definition) is 4. The lowest BCUT2D eigenvalue weighted by Crippen LogP contribution is -2.63. The van der Waals surface area contributed by atoms with E-state index >= 15 is 0 Å². The highest BCUT2D eigenvalue weighted by molar-refractivity contribution is 4.97. The maximum absolute atomic E-state index is 12.4. The Morgan fingerprint density at radius 1 is 1.25 bits per heavy atom. The van der Waals surface area contributed by atoms with Crippen molar-refractivity contribution in [2.45, 2.75) is 37.6 Å². The van der Waals surface area contributed by atoms with Gasteiger partial charge >= 0.3 is 6.18 Å². The number of nitrogens with two attached hydrogens (primary N) is 1. The van der Waals surface area contributed by atoms with E-state index in [-0.39, 0.29) is 11.6 Å². The largest absolute Gasteiger partial charge is 0.401 e. The number of alkyl halides is 3. The molecular formula is C13H24F3N3O. The molecular weight excluding hydrogens is 271 g/mol. The van der Waals surface area contributed by atoms with Gasteiger partial charge in [-0.1, -0.05) is 0 Å². The van der Waals surface area contributed by atoms with Gasteiger partial charge in [0.2, 0.25) is 0 Å². The summed E-state index contributed by atoms with van der Waals surface area (Å²) in [6, 6.07) is 0. The Bertz CT molecular complexity index is 318. The van der Waals surface area contributed by atoms with Crippen molar-refractivity contribution >= 4 is 0 Å². The van der Waals surface area contributed by atoms with Gasteiger partial charge in [-0.25, -0.2) is 0 Å². The van der Waals surface area contributed by atoms with Crippen LogP contribution >= 0.6 is 0 Å². The second kappa shape index (κ2) is 6.17. The molecule has 2 aliphatic heterocycles. The van der Waals surface area contributed by atoms with E-state index in [1.807, 2.05) is 6.92 Å². The molecule has 2 unspecified atom stereocenters. The van der Waals surface area contributed by atoms with Gasteiger partial charge < -0.3 is 10.5 Å². The monoisotopic (exact) mass is 295 g/mol. The Kier molecular flexibility index (Phi) is 4.94. The zero-order chi connectivity index (χ0) is 14.8. The van der Waals surface area contributed by atoms with Crippen LogP contribution in [-0.4, -0.2) is 73.5 Å². The van der Waals surface area contributed by atoms with Crippen molar-refractivity contribution in [1.82, 2.24) is 9.80 Å². The summed E-state index contributed by atoms with van der Waals surface area (Å²) in [4.78, 5) is 3.75. The van der Waals surface area contributed by atoms with Gasteiger partial charge in [0.05, 0.1) is 12.6 Å². The van der Waals surface area contributed by atoms with Crippen LogP contribution in [0.25, 0.3) is 0 Å². The summed E-state index contributed by atoms with van der Waals surface area (Å²) in [6.45, 7) is 4.66. The second-order valence-corrected chi connectivity index (χ2v) is 5.94. The number of halogens is 3. The van der Waals surface area contributed by atoms with Gasteiger partial charge in [0.25, 0.3) is 0 Å². The first-order valence-electron chi connectivity index (χ1n) is 7.20. The van der Waals surface area contributed by atoms with E-state index < -0.39 is 12.7 Å². The van der Waals surface area contributed by atoms with Crippen LogP contribution in [0.4, 0.5) is 13.2 Å². The van der Waals surface area contributed by atoms with Gasteiger partial charge in [-0.15, -0.1) is 0 Å². The molecule has 2 atom stereocenters. The van der Waals surface area contributed by atoms with Gasteiger partial charge in [-0.05, 0) is 19.8 Å². The molecule has 0 spiro atoms. The topological polar surface area (TPSA) is 41.7 Å². The third-order valence-electron chi connectivity index (χ3n) is 4.46. The molecule has 118 valence electrons. The molecule has 2 rings (SSSR count). The van der Waals surface area contributed by atoms with E-state index in [4.69, 9.17) is 10.5 Å². The summed E-state index contributed by atoms with van der Waals surface area (Å²) in [5, 5.41) is 0. The minimum Gasteiger partial charge on any atom is -0.378 e. The number of nitrogens with zero attached hydrogens (tertiary/aromatic N) is 2. The fraction of sp³-hybridized carbons (Fsp3) is 1.00. The Balaban J connectivity index is 1.91. The number of rotatable bonds is 3. The van der Waals surface area contributed by atoms with Crippen molar-refractivity contribution in [3.8, 4) is 0 Å². The number of ether oxygens (including phenoxy) is 1. The lowest BCUT2D eigenvalue weighted by atomic mass is 9.84. The fourth-order valence-electron chi connectivity index (χ4n) is 3.38. The fourth-order valence-corrected chi connectivity index (χ4v) is 3.38.